The molecule has 1 aromatic carbocycles. The number of fused-ring (bicyclic) bond motifs is 1. The van der Waals surface area contributed by atoms with E-state index in [0.29, 0.717) is 22.8 Å². The summed E-state index contributed by atoms with van der Waals surface area (Å²) in [7, 11) is -3.78. The van der Waals surface area contributed by atoms with Crippen molar-refractivity contribution < 1.29 is 22.6 Å². The molecule has 2 aromatic heterocycles. The lowest BCUT2D eigenvalue weighted by Gasteiger charge is -2.30. The average Bonchev–Trinajstić information content (AvgIpc) is 2.87. The first-order valence-electron chi connectivity index (χ1n) is 11.3. The maximum atomic E-state index is 11.7. The molecule has 2 aliphatic rings. The first-order chi connectivity index (χ1) is 16.5. The Kier molecular flexibility index (Phi) is 6.70. The van der Waals surface area contributed by atoms with Crippen molar-refractivity contribution in [1.82, 2.24) is 19.3 Å². The Morgan fingerprint density at radius 2 is 1.85 bits per heavy atom. The van der Waals surface area contributed by atoms with Crippen molar-refractivity contribution in [2.45, 2.75) is 24.9 Å². The van der Waals surface area contributed by atoms with E-state index in [1.54, 1.807) is 12.4 Å². The second-order valence-corrected chi connectivity index (χ2v) is 10.00. The predicted molar refractivity (Wildman–Crippen MR) is 125 cm³/mol. The number of morpholine rings is 1. The zero-order valence-corrected chi connectivity index (χ0v) is 19.5. The van der Waals surface area contributed by atoms with Crippen molar-refractivity contribution in [1.29, 1.82) is 0 Å². The largest absolute Gasteiger partial charge is 0.473 e. The van der Waals surface area contributed by atoms with Crippen LogP contribution in [0.25, 0.3) is 22.3 Å². The quantitative estimate of drug-likeness (QED) is 0.560. The van der Waals surface area contributed by atoms with E-state index in [0.717, 1.165) is 37.3 Å². The molecule has 10 nitrogen and oxygen atoms in total. The average molecular weight is 486 g/mol. The van der Waals surface area contributed by atoms with E-state index in [9.17, 15) is 8.42 Å². The third-order valence-corrected chi connectivity index (χ3v) is 7.24. The zero-order valence-electron chi connectivity index (χ0n) is 18.7. The summed E-state index contributed by atoms with van der Waals surface area (Å²) < 4.78 is 41.7. The van der Waals surface area contributed by atoms with Gasteiger partial charge in [0.25, 0.3) is 10.2 Å². The minimum absolute atomic E-state index is 0.108. The fraction of sp³-hybridized carbons (Fsp3) is 0.435. The maximum Gasteiger partial charge on any atom is 0.277 e. The molecule has 180 valence electrons. The Morgan fingerprint density at radius 3 is 2.62 bits per heavy atom. The molecule has 0 radical (unpaired) electrons. The number of ether oxygens (including phenoxy) is 3. The van der Waals surface area contributed by atoms with Gasteiger partial charge < -0.3 is 14.2 Å². The van der Waals surface area contributed by atoms with Gasteiger partial charge in [-0.2, -0.15) is 12.7 Å². The first-order valence-corrected chi connectivity index (χ1v) is 12.8. The molecule has 2 fully saturated rings. The monoisotopic (exact) mass is 485 g/mol. The van der Waals surface area contributed by atoms with Gasteiger partial charge >= 0.3 is 0 Å². The molecule has 34 heavy (non-hydrogen) atoms. The van der Waals surface area contributed by atoms with E-state index in [4.69, 9.17) is 24.3 Å². The molecule has 0 bridgehead atoms. The van der Waals surface area contributed by atoms with Gasteiger partial charge in [0, 0.05) is 44.3 Å². The summed E-state index contributed by atoms with van der Waals surface area (Å²) in [6.07, 6.45) is 4.81. The topological polar surface area (TPSA) is 130 Å². The van der Waals surface area contributed by atoms with Gasteiger partial charge in [-0.3, -0.25) is 4.98 Å². The molecule has 3 aromatic rings. The highest BCUT2D eigenvalue weighted by Gasteiger charge is 2.28. The van der Waals surface area contributed by atoms with Crippen molar-refractivity contribution in [3.05, 3.63) is 48.3 Å². The molecule has 0 unspecified atom stereocenters. The van der Waals surface area contributed by atoms with Crippen molar-refractivity contribution >= 4 is 21.2 Å². The summed E-state index contributed by atoms with van der Waals surface area (Å²) in [4.78, 5) is 13.5. The SMILES string of the molecule is NS(=O)(=O)N1CCO[C@H](COc2nc(-c3ccc(C4CCOCC4)cc3)cc3nccnc23)C1. The van der Waals surface area contributed by atoms with Crippen LogP contribution in [-0.2, 0) is 19.7 Å². The predicted octanol–water partition coefficient (Wildman–Crippen LogP) is 1.87. The summed E-state index contributed by atoms with van der Waals surface area (Å²) in [6.45, 7) is 2.31. The third kappa shape index (κ3) is 5.18. The van der Waals surface area contributed by atoms with Crippen molar-refractivity contribution in [2.75, 3.05) is 39.5 Å². The Labute approximate surface area is 198 Å². The number of benzene rings is 1. The summed E-state index contributed by atoms with van der Waals surface area (Å²) in [5.41, 5.74) is 4.16. The van der Waals surface area contributed by atoms with Crippen LogP contribution in [-0.4, -0.2) is 73.3 Å². The van der Waals surface area contributed by atoms with Crippen molar-refractivity contribution in [2.24, 2.45) is 5.14 Å². The molecule has 2 aliphatic heterocycles. The lowest BCUT2D eigenvalue weighted by molar-refractivity contribution is -0.0254. The Bertz CT molecular complexity index is 1250. The lowest BCUT2D eigenvalue weighted by Crippen LogP contribution is -2.49. The van der Waals surface area contributed by atoms with Crippen molar-refractivity contribution in [3.8, 4) is 17.1 Å². The van der Waals surface area contributed by atoms with Crippen molar-refractivity contribution in [3.63, 3.8) is 0 Å². The molecular formula is C23H27N5O5S. The molecule has 2 N–H and O–H groups in total. The molecule has 11 heteroatoms. The highest BCUT2D eigenvalue weighted by Crippen LogP contribution is 2.31. The van der Waals surface area contributed by atoms with E-state index < -0.39 is 16.3 Å². The zero-order chi connectivity index (χ0) is 23.5. The number of hydrogen-bond acceptors (Lipinski definition) is 8. The standard InChI is InChI=1S/C23H27N5O5S/c24-34(29,30)28-9-12-32-19(14-28)15-33-23-22-21(25-7-8-26-22)13-20(27-23)18-3-1-16(2-4-18)17-5-10-31-11-6-17/h1-4,7-8,13,17,19H,5-6,9-12,14-15H2,(H2,24,29,30)/t19-/m0/s1. The first kappa shape index (κ1) is 23.1. The van der Waals surface area contributed by atoms with Crippen LogP contribution in [0.15, 0.2) is 42.7 Å². The van der Waals surface area contributed by atoms with Gasteiger partial charge in [-0.15, -0.1) is 0 Å². The third-order valence-electron chi connectivity index (χ3n) is 6.19. The van der Waals surface area contributed by atoms with E-state index in [2.05, 4.69) is 34.2 Å². The maximum absolute atomic E-state index is 11.7. The molecule has 0 saturated carbocycles. The molecule has 4 heterocycles. The molecule has 0 amide bonds. The van der Waals surface area contributed by atoms with Crippen LogP contribution in [0, 0.1) is 0 Å². The Morgan fingerprint density at radius 1 is 1.09 bits per heavy atom. The van der Waals surface area contributed by atoms with E-state index in [-0.39, 0.29) is 26.3 Å². The van der Waals surface area contributed by atoms with E-state index in [1.165, 1.54) is 9.87 Å². The van der Waals surface area contributed by atoms with Gasteiger partial charge in [0.05, 0.1) is 17.8 Å². The lowest BCUT2D eigenvalue weighted by atomic mass is 9.91. The van der Waals surface area contributed by atoms with Gasteiger partial charge in [-0.1, -0.05) is 24.3 Å². The normalized spacial score (nSPS) is 20.4. The number of rotatable bonds is 6. The van der Waals surface area contributed by atoms with Crippen LogP contribution < -0.4 is 9.88 Å². The summed E-state index contributed by atoms with van der Waals surface area (Å²) in [6, 6.07) is 10.3. The van der Waals surface area contributed by atoms with E-state index >= 15 is 0 Å². The Hall–Kier alpha value is -2.70. The second kappa shape index (κ2) is 9.88. The van der Waals surface area contributed by atoms with Gasteiger partial charge in [0.1, 0.15) is 12.7 Å². The highest BCUT2D eigenvalue weighted by molar-refractivity contribution is 7.86. The fourth-order valence-electron chi connectivity index (χ4n) is 4.34. The molecule has 0 aliphatic carbocycles. The van der Waals surface area contributed by atoms with Gasteiger partial charge in [-0.25, -0.2) is 15.1 Å². The molecule has 2 saturated heterocycles. The molecule has 0 spiro atoms. The number of aromatic nitrogens is 3. The van der Waals surface area contributed by atoms with Crippen LogP contribution in [0.5, 0.6) is 5.88 Å². The van der Waals surface area contributed by atoms with Gasteiger partial charge in [0.15, 0.2) is 5.52 Å². The summed E-state index contributed by atoms with van der Waals surface area (Å²) in [5, 5.41) is 5.26. The fourth-order valence-corrected chi connectivity index (χ4v) is 5.05. The van der Waals surface area contributed by atoms with Crippen LogP contribution in [0.4, 0.5) is 0 Å². The van der Waals surface area contributed by atoms with Crippen LogP contribution in [0.3, 0.4) is 0 Å². The molecule has 5 rings (SSSR count). The number of nitrogens with two attached hydrogens (primary N) is 1. The van der Waals surface area contributed by atoms with Gasteiger partial charge in [-0.05, 0) is 30.4 Å². The minimum atomic E-state index is -3.78. The second-order valence-electron chi connectivity index (χ2n) is 8.45. The Balaban J connectivity index is 1.37. The van der Waals surface area contributed by atoms with Crippen LogP contribution in [0.1, 0.15) is 24.3 Å². The molecule has 1 atom stereocenters. The summed E-state index contributed by atoms with van der Waals surface area (Å²) >= 11 is 0. The number of hydrogen-bond donors (Lipinski definition) is 1. The number of pyridine rings is 1. The van der Waals surface area contributed by atoms with Crippen LogP contribution in [0.2, 0.25) is 0 Å². The van der Waals surface area contributed by atoms with E-state index in [1.807, 2.05) is 6.07 Å². The van der Waals surface area contributed by atoms with Gasteiger partial charge in [0.2, 0.25) is 5.88 Å². The smallest absolute Gasteiger partial charge is 0.277 e. The molecular weight excluding hydrogens is 458 g/mol. The summed E-state index contributed by atoms with van der Waals surface area (Å²) in [5.74, 6) is 0.843. The van der Waals surface area contributed by atoms with Crippen LogP contribution >= 0.6 is 0 Å². The minimum Gasteiger partial charge on any atom is -0.473 e. The highest BCUT2D eigenvalue weighted by atomic mass is 32.2. The number of nitrogens with zero attached hydrogens (tertiary/aromatic N) is 4.